The van der Waals surface area contributed by atoms with Crippen LogP contribution in [0.1, 0.15) is 24.5 Å². The molecule has 2 amide bonds. The highest BCUT2D eigenvalue weighted by atomic mass is 16.5. The van der Waals surface area contributed by atoms with Crippen molar-refractivity contribution in [3.05, 3.63) is 78.6 Å². The van der Waals surface area contributed by atoms with Gasteiger partial charge in [-0.2, -0.15) is 0 Å². The van der Waals surface area contributed by atoms with Crippen molar-refractivity contribution in [2.75, 3.05) is 44.5 Å². The summed E-state index contributed by atoms with van der Waals surface area (Å²) >= 11 is 0. The van der Waals surface area contributed by atoms with Crippen LogP contribution < -0.4 is 15.0 Å². The number of urea groups is 1. The van der Waals surface area contributed by atoms with E-state index in [1.165, 1.54) is 0 Å². The molecule has 0 spiro atoms. The highest BCUT2D eigenvalue weighted by molar-refractivity contribution is 5.89. The van der Waals surface area contributed by atoms with Crippen LogP contribution in [0.25, 0.3) is 16.9 Å². The summed E-state index contributed by atoms with van der Waals surface area (Å²) in [5.41, 5.74) is 5.02. The number of methoxy groups -OCH3 is 1. The van der Waals surface area contributed by atoms with Gasteiger partial charge in [-0.3, -0.25) is 4.40 Å². The zero-order valence-corrected chi connectivity index (χ0v) is 20.4. The number of amides is 2. The molecule has 1 unspecified atom stereocenters. The quantitative estimate of drug-likeness (QED) is 0.420. The predicted octanol–water partition coefficient (Wildman–Crippen LogP) is 5.49. The Hall–Kier alpha value is -4.00. The molecule has 5 rings (SSSR count). The number of carbonyl (C=O) groups is 1. The van der Waals surface area contributed by atoms with Crippen molar-refractivity contribution in [3.8, 4) is 17.1 Å². The maximum Gasteiger partial charge on any atom is 0.321 e. The van der Waals surface area contributed by atoms with Gasteiger partial charge in [-0.1, -0.05) is 18.2 Å². The van der Waals surface area contributed by atoms with Gasteiger partial charge in [-0.25, -0.2) is 9.78 Å². The number of likely N-dealkylation sites (tertiary alicyclic amines) is 1. The summed E-state index contributed by atoms with van der Waals surface area (Å²) in [4.78, 5) is 22.1. The molecule has 1 atom stereocenters. The van der Waals surface area contributed by atoms with Crippen LogP contribution >= 0.6 is 0 Å². The van der Waals surface area contributed by atoms with Crippen molar-refractivity contribution in [1.82, 2.24) is 14.3 Å². The van der Waals surface area contributed by atoms with Crippen molar-refractivity contribution in [2.45, 2.75) is 18.8 Å². The Morgan fingerprint density at radius 3 is 2.69 bits per heavy atom. The third-order valence-corrected chi connectivity index (χ3v) is 6.64. The van der Waals surface area contributed by atoms with E-state index in [9.17, 15) is 4.79 Å². The molecule has 0 bridgehead atoms. The fourth-order valence-electron chi connectivity index (χ4n) is 4.76. The molecule has 2 aromatic heterocycles. The number of carbonyl (C=O) groups excluding carboxylic acids is 1. The second-order valence-electron chi connectivity index (χ2n) is 9.17. The maximum atomic E-state index is 13.1. The van der Waals surface area contributed by atoms with E-state index >= 15 is 0 Å². The lowest BCUT2D eigenvalue weighted by atomic mass is 9.94. The van der Waals surface area contributed by atoms with Crippen molar-refractivity contribution >= 4 is 22.9 Å². The first-order valence-corrected chi connectivity index (χ1v) is 12.0. The maximum absolute atomic E-state index is 13.1. The minimum Gasteiger partial charge on any atom is -0.497 e. The van der Waals surface area contributed by atoms with Gasteiger partial charge in [0, 0.05) is 56.2 Å². The number of ether oxygens (including phenoxy) is 1. The molecule has 4 aromatic rings. The first-order valence-electron chi connectivity index (χ1n) is 12.0. The number of aromatic nitrogens is 2. The number of fused-ring (bicyclic) bond motifs is 1. The standard InChI is InChI=1S/C28H31N5O2/c1-31(2)23-14-12-22(13-15-23)29-28(34)32-16-7-9-21(19-32)26-25-11-4-5-17-33(25)27(30-26)20-8-6-10-24(18-20)35-3/h4-6,8,10-15,17-18,21H,7,9,16,19H2,1-3H3,(H,29,34). The molecule has 3 heterocycles. The van der Waals surface area contributed by atoms with Gasteiger partial charge in [-0.05, 0) is 61.4 Å². The summed E-state index contributed by atoms with van der Waals surface area (Å²) in [5.74, 6) is 1.86. The van der Waals surface area contributed by atoms with Crippen LogP contribution in [0.3, 0.4) is 0 Å². The number of piperidine rings is 1. The Balaban J connectivity index is 1.39. The van der Waals surface area contributed by atoms with Crippen molar-refractivity contribution < 1.29 is 9.53 Å². The van der Waals surface area contributed by atoms with E-state index in [1.54, 1.807) is 7.11 Å². The van der Waals surface area contributed by atoms with E-state index in [-0.39, 0.29) is 11.9 Å². The molecule has 0 saturated carbocycles. The summed E-state index contributed by atoms with van der Waals surface area (Å²) in [6.07, 6.45) is 3.99. The number of hydrogen-bond acceptors (Lipinski definition) is 4. The lowest BCUT2D eigenvalue weighted by Gasteiger charge is -2.32. The van der Waals surface area contributed by atoms with Crippen LogP contribution in [-0.4, -0.2) is 54.6 Å². The Bertz CT molecular complexity index is 1330. The van der Waals surface area contributed by atoms with Gasteiger partial charge in [0.1, 0.15) is 11.6 Å². The molecule has 1 aliphatic rings. The fraction of sp³-hybridized carbons (Fsp3) is 0.286. The zero-order valence-electron chi connectivity index (χ0n) is 20.4. The number of benzene rings is 2. The third-order valence-electron chi connectivity index (χ3n) is 6.64. The van der Waals surface area contributed by atoms with Crippen LogP contribution in [0.5, 0.6) is 5.75 Å². The second kappa shape index (κ2) is 9.70. The summed E-state index contributed by atoms with van der Waals surface area (Å²) in [6, 6.07) is 22.0. The summed E-state index contributed by atoms with van der Waals surface area (Å²) in [7, 11) is 5.67. The fourth-order valence-corrected chi connectivity index (χ4v) is 4.76. The SMILES string of the molecule is COc1cccc(-c2nc(C3CCCN(C(=O)Nc4ccc(N(C)C)cc4)C3)c3ccccn23)c1. The second-order valence-corrected chi connectivity index (χ2v) is 9.17. The number of pyridine rings is 1. The molecule has 7 heteroatoms. The van der Waals surface area contributed by atoms with Crippen LogP contribution in [0.2, 0.25) is 0 Å². The molecule has 0 aliphatic carbocycles. The van der Waals surface area contributed by atoms with Gasteiger partial charge in [-0.15, -0.1) is 0 Å². The molecular formula is C28H31N5O2. The first-order chi connectivity index (χ1) is 17.0. The molecule has 35 heavy (non-hydrogen) atoms. The Kier molecular flexibility index (Phi) is 6.31. The summed E-state index contributed by atoms with van der Waals surface area (Å²) < 4.78 is 7.56. The zero-order chi connectivity index (χ0) is 24.4. The number of anilines is 2. The van der Waals surface area contributed by atoms with E-state index in [2.05, 4.69) is 21.9 Å². The van der Waals surface area contributed by atoms with Crippen molar-refractivity contribution in [1.29, 1.82) is 0 Å². The molecule has 1 fully saturated rings. The molecular weight excluding hydrogens is 438 g/mol. The number of nitrogens with one attached hydrogen (secondary N) is 1. The van der Waals surface area contributed by atoms with Gasteiger partial charge < -0.3 is 19.9 Å². The number of hydrogen-bond donors (Lipinski definition) is 1. The molecule has 1 N–H and O–H groups in total. The Labute approximate surface area is 206 Å². The topological polar surface area (TPSA) is 62.1 Å². The lowest BCUT2D eigenvalue weighted by Crippen LogP contribution is -2.41. The van der Waals surface area contributed by atoms with Crippen LogP contribution in [0.4, 0.5) is 16.2 Å². The largest absolute Gasteiger partial charge is 0.497 e. The van der Waals surface area contributed by atoms with Crippen LogP contribution in [0.15, 0.2) is 72.9 Å². The van der Waals surface area contributed by atoms with Gasteiger partial charge >= 0.3 is 6.03 Å². The number of rotatable bonds is 5. The third kappa shape index (κ3) is 4.67. The highest BCUT2D eigenvalue weighted by Crippen LogP contribution is 2.33. The molecule has 2 aromatic carbocycles. The molecule has 180 valence electrons. The number of nitrogens with zero attached hydrogens (tertiary/aromatic N) is 4. The summed E-state index contributed by atoms with van der Waals surface area (Å²) in [6.45, 7) is 1.38. The highest BCUT2D eigenvalue weighted by Gasteiger charge is 2.28. The van der Waals surface area contributed by atoms with E-state index in [0.717, 1.165) is 59.1 Å². The first kappa shape index (κ1) is 22.8. The van der Waals surface area contributed by atoms with E-state index in [4.69, 9.17) is 9.72 Å². The summed E-state index contributed by atoms with van der Waals surface area (Å²) in [5, 5.41) is 3.06. The van der Waals surface area contributed by atoms with Crippen LogP contribution in [0, 0.1) is 0 Å². The van der Waals surface area contributed by atoms with Gasteiger partial charge in [0.15, 0.2) is 0 Å². The van der Waals surface area contributed by atoms with Crippen molar-refractivity contribution in [3.63, 3.8) is 0 Å². The average Bonchev–Trinajstić information content (AvgIpc) is 3.29. The predicted molar refractivity (Wildman–Crippen MR) is 141 cm³/mol. The molecule has 7 nitrogen and oxygen atoms in total. The number of imidazole rings is 1. The average molecular weight is 470 g/mol. The Morgan fingerprint density at radius 1 is 1.09 bits per heavy atom. The van der Waals surface area contributed by atoms with E-state index < -0.39 is 0 Å². The molecule has 1 aliphatic heterocycles. The molecule has 1 saturated heterocycles. The lowest BCUT2D eigenvalue weighted by molar-refractivity contribution is 0.192. The smallest absolute Gasteiger partial charge is 0.321 e. The van der Waals surface area contributed by atoms with Gasteiger partial charge in [0.2, 0.25) is 0 Å². The Morgan fingerprint density at radius 2 is 1.91 bits per heavy atom. The molecule has 0 radical (unpaired) electrons. The monoisotopic (exact) mass is 469 g/mol. The van der Waals surface area contributed by atoms with Gasteiger partial charge in [0.05, 0.1) is 18.3 Å². The van der Waals surface area contributed by atoms with Crippen molar-refractivity contribution in [2.24, 2.45) is 0 Å². The van der Waals surface area contributed by atoms with E-state index in [1.807, 2.05) is 84.7 Å². The minimum atomic E-state index is -0.0659. The van der Waals surface area contributed by atoms with Gasteiger partial charge in [0.25, 0.3) is 0 Å². The minimum absolute atomic E-state index is 0.0659. The van der Waals surface area contributed by atoms with Crippen LogP contribution in [-0.2, 0) is 0 Å². The normalized spacial score (nSPS) is 15.7. The van der Waals surface area contributed by atoms with E-state index in [0.29, 0.717) is 6.54 Å².